The Kier molecular flexibility index (Phi) is 7.53. The van der Waals surface area contributed by atoms with E-state index in [0.717, 1.165) is 11.1 Å². The number of hydrogen-bond donors (Lipinski definition) is 1. The maximum atomic E-state index is 13.4. The van der Waals surface area contributed by atoms with Crippen molar-refractivity contribution in [2.24, 2.45) is 5.92 Å². The topological polar surface area (TPSA) is 85.3 Å². The highest BCUT2D eigenvalue weighted by atomic mass is 16.5. The fourth-order valence-corrected chi connectivity index (χ4v) is 4.39. The van der Waals surface area contributed by atoms with E-state index in [1.807, 2.05) is 31.2 Å². The van der Waals surface area contributed by atoms with Gasteiger partial charge in [0, 0.05) is 11.3 Å². The summed E-state index contributed by atoms with van der Waals surface area (Å²) < 4.78 is 16.4. The standard InChI is InChI=1S/C30H31NO6/c1-18(2)17-37-22-13-11-21(12-14-22)31-27(23-9-7-6-8-19(23)3)26(29(33)30(31)34)28(32)20-10-15-24(35-4)25(16-20)36-5/h6-16,18,27,32H,17H2,1-5H3/b28-26+. The summed E-state index contributed by atoms with van der Waals surface area (Å²) in [5.74, 6) is 0.153. The van der Waals surface area contributed by atoms with Gasteiger partial charge in [0.25, 0.3) is 11.7 Å². The number of carbonyl (C=O) groups is 2. The maximum Gasteiger partial charge on any atom is 0.300 e. The van der Waals surface area contributed by atoms with Crippen molar-refractivity contribution in [3.05, 3.63) is 89.0 Å². The largest absolute Gasteiger partial charge is 0.507 e. The zero-order valence-electron chi connectivity index (χ0n) is 21.6. The van der Waals surface area contributed by atoms with E-state index in [1.54, 1.807) is 42.5 Å². The lowest BCUT2D eigenvalue weighted by Gasteiger charge is -2.27. The zero-order chi connectivity index (χ0) is 26.7. The van der Waals surface area contributed by atoms with Gasteiger partial charge in [-0.3, -0.25) is 14.5 Å². The molecule has 4 rings (SSSR count). The van der Waals surface area contributed by atoms with Gasteiger partial charge < -0.3 is 19.3 Å². The number of carbonyl (C=O) groups excluding carboxylic acids is 2. The molecule has 0 spiro atoms. The summed E-state index contributed by atoms with van der Waals surface area (Å²) in [5.41, 5.74) is 2.50. The second kappa shape index (κ2) is 10.8. The van der Waals surface area contributed by atoms with Crippen molar-refractivity contribution in [2.75, 3.05) is 25.7 Å². The van der Waals surface area contributed by atoms with Crippen LogP contribution in [0.25, 0.3) is 5.76 Å². The first kappa shape index (κ1) is 25.8. The Morgan fingerprint density at radius 2 is 1.62 bits per heavy atom. The summed E-state index contributed by atoms with van der Waals surface area (Å²) in [4.78, 5) is 28.3. The zero-order valence-corrected chi connectivity index (χ0v) is 21.6. The van der Waals surface area contributed by atoms with Crippen LogP contribution in [-0.4, -0.2) is 37.6 Å². The van der Waals surface area contributed by atoms with Gasteiger partial charge >= 0.3 is 0 Å². The molecule has 37 heavy (non-hydrogen) atoms. The van der Waals surface area contributed by atoms with Crippen LogP contribution >= 0.6 is 0 Å². The van der Waals surface area contributed by atoms with Gasteiger partial charge in [-0.2, -0.15) is 0 Å². The highest BCUT2D eigenvalue weighted by Gasteiger charge is 2.47. The molecule has 1 atom stereocenters. The molecule has 0 aromatic heterocycles. The van der Waals surface area contributed by atoms with Gasteiger partial charge in [0.15, 0.2) is 11.5 Å². The summed E-state index contributed by atoms with van der Waals surface area (Å²) in [6.07, 6.45) is 0. The molecule has 1 aliphatic rings. The lowest BCUT2D eigenvalue weighted by Crippen LogP contribution is -2.29. The van der Waals surface area contributed by atoms with Gasteiger partial charge in [0.05, 0.1) is 32.4 Å². The molecule has 0 bridgehead atoms. The monoisotopic (exact) mass is 501 g/mol. The van der Waals surface area contributed by atoms with Crippen LogP contribution in [0.1, 0.15) is 36.6 Å². The van der Waals surface area contributed by atoms with Gasteiger partial charge in [-0.1, -0.05) is 38.1 Å². The molecule has 0 aliphatic carbocycles. The number of anilines is 1. The van der Waals surface area contributed by atoms with Crippen LogP contribution in [0.3, 0.4) is 0 Å². The minimum Gasteiger partial charge on any atom is -0.507 e. The van der Waals surface area contributed by atoms with E-state index in [9.17, 15) is 14.7 Å². The number of amides is 1. The minimum atomic E-state index is -0.822. The highest BCUT2D eigenvalue weighted by Crippen LogP contribution is 2.44. The molecule has 3 aromatic carbocycles. The van der Waals surface area contributed by atoms with E-state index in [-0.39, 0.29) is 11.3 Å². The molecule has 0 saturated carbocycles. The molecule has 7 heteroatoms. The van der Waals surface area contributed by atoms with Gasteiger partial charge in [-0.15, -0.1) is 0 Å². The average molecular weight is 502 g/mol. The number of ketones is 1. The molecule has 1 N–H and O–H groups in total. The van der Waals surface area contributed by atoms with Gasteiger partial charge in [-0.25, -0.2) is 0 Å². The summed E-state index contributed by atoms with van der Waals surface area (Å²) in [6.45, 7) is 6.61. The summed E-state index contributed by atoms with van der Waals surface area (Å²) in [7, 11) is 3.00. The van der Waals surface area contributed by atoms with Crippen molar-refractivity contribution < 1.29 is 28.9 Å². The van der Waals surface area contributed by atoms with Crippen LogP contribution in [0.2, 0.25) is 0 Å². The third kappa shape index (κ3) is 5.03. The van der Waals surface area contributed by atoms with Crippen LogP contribution in [0.4, 0.5) is 5.69 Å². The Labute approximate surface area is 216 Å². The lowest BCUT2D eigenvalue weighted by atomic mass is 9.92. The Morgan fingerprint density at radius 3 is 2.24 bits per heavy atom. The average Bonchev–Trinajstić information content (AvgIpc) is 3.17. The Morgan fingerprint density at radius 1 is 0.946 bits per heavy atom. The van der Waals surface area contributed by atoms with Crippen molar-refractivity contribution >= 4 is 23.1 Å². The number of aryl methyl sites for hydroxylation is 1. The number of hydrogen-bond acceptors (Lipinski definition) is 6. The van der Waals surface area contributed by atoms with Crippen LogP contribution in [0.5, 0.6) is 17.2 Å². The second-order valence-corrected chi connectivity index (χ2v) is 9.29. The number of ether oxygens (including phenoxy) is 3. The van der Waals surface area contributed by atoms with Gasteiger partial charge in [-0.05, 0) is 66.4 Å². The normalized spacial score (nSPS) is 16.8. The summed E-state index contributed by atoms with van der Waals surface area (Å²) in [6, 6.07) is 18.6. The molecular weight excluding hydrogens is 470 g/mol. The van der Waals surface area contributed by atoms with E-state index in [1.165, 1.54) is 19.1 Å². The molecule has 3 aromatic rings. The number of nitrogens with zero attached hydrogens (tertiary/aromatic N) is 1. The van der Waals surface area contributed by atoms with E-state index >= 15 is 0 Å². The third-order valence-electron chi connectivity index (χ3n) is 6.28. The first-order valence-electron chi connectivity index (χ1n) is 12.1. The number of aliphatic hydroxyl groups is 1. The predicted molar refractivity (Wildman–Crippen MR) is 142 cm³/mol. The van der Waals surface area contributed by atoms with Crippen molar-refractivity contribution in [3.63, 3.8) is 0 Å². The molecule has 7 nitrogen and oxygen atoms in total. The smallest absolute Gasteiger partial charge is 0.300 e. The fourth-order valence-electron chi connectivity index (χ4n) is 4.39. The minimum absolute atomic E-state index is 0.00616. The van der Waals surface area contributed by atoms with Crippen molar-refractivity contribution in [3.8, 4) is 17.2 Å². The molecule has 1 heterocycles. The van der Waals surface area contributed by atoms with Crippen molar-refractivity contribution in [1.82, 2.24) is 0 Å². The first-order valence-corrected chi connectivity index (χ1v) is 12.1. The first-order chi connectivity index (χ1) is 17.8. The molecule has 192 valence electrons. The van der Waals surface area contributed by atoms with Gasteiger partial charge in [0.2, 0.25) is 0 Å². The summed E-state index contributed by atoms with van der Waals surface area (Å²) >= 11 is 0. The van der Waals surface area contributed by atoms with Gasteiger partial charge in [0.1, 0.15) is 11.5 Å². The number of rotatable bonds is 8. The van der Waals surface area contributed by atoms with E-state index in [2.05, 4.69) is 13.8 Å². The van der Waals surface area contributed by atoms with Crippen molar-refractivity contribution in [1.29, 1.82) is 0 Å². The Bertz CT molecular complexity index is 1340. The van der Waals surface area contributed by atoms with E-state index < -0.39 is 17.7 Å². The SMILES string of the molecule is COc1ccc(/C(O)=C2\C(=O)C(=O)N(c3ccc(OCC(C)C)cc3)C2c2ccccc2C)cc1OC. The molecule has 1 aliphatic heterocycles. The Balaban J connectivity index is 1.85. The molecule has 0 radical (unpaired) electrons. The predicted octanol–water partition coefficient (Wildman–Crippen LogP) is 5.67. The maximum absolute atomic E-state index is 13.4. The fraction of sp³-hybridized carbons (Fsp3) is 0.267. The van der Waals surface area contributed by atoms with Crippen molar-refractivity contribution in [2.45, 2.75) is 26.8 Å². The Hall–Kier alpha value is -4.26. The molecular formula is C30H31NO6. The third-order valence-corrected chi connectivity index (χ3v) is 6.28. The molecule has 1 fully saturated rings. The molecule has 1 amide bonds. The lowest BCUT2D eigenvalue weighted by molar-refractivity contribution is -0.132. The van der Waals surface area contributed by atoms with Crippen LogP contribution < -0.4 is 19.1 Å². The van der Waals surface area contributed by atoms with E-state index in [4.69, 9.17) is 14.2 Å². The summed E-state index contributed by atoms with van der Waals surface area (Å²) in [5, 5.41) is 11.4. The number of Topliss-reactive ketones (excluding diaryl/α,β-unsaturated/α-hetero) is 1. The number of benzene rings is 3. The number of aliphatic hydroxyl groups excluding tert-OH is 1. The number of methoxy groups -OCH3 is 2. The molecule has 1 saturated heterocycles. The van der Waals surface area contributed by atoms with Crippen LogP contribution in [-0.2, 0) is 9.59 Å². The quantitative estimate of drug-likeness (QED) is 0.243. The van der Waals surface area contributed by atoms with E-state index in [0.29, 0.717) is 41.0 Å². The van der Waals surface area contributed by atoms with Crippen LogP contribution in [0.15, 0.2) is 72.3 Å². The van der Waals surface area contributed by atoms with Crippen LogP contribution in [0, 0.1) is 12.8 Å². The highest BCUT2D eigenvalue weighted by molar-refractivity contribution is 6.51. The molecule has 1 unspecified atom stereocenters. The second-order valence-electron chi connectivity index (χ2n) is 9.29.